The topological polar surface area (TPSA) is 70.3 Å². The summed E-state index contributed by atoms with van der Waals surface area (Å²) < 4.78 is 16.6. The van der Waals surface area contributed by atoms with Crippen LogP contribution in [0.25, 0.3) is 11.5 Å². The summed E-state index contributed by atoms with van der Waals surface area (Å²) in [5.41, 5.74) is 2.96. The van der Waals surface area contributed by atoms with Crippen LogP contribution in [0, 0.1) is 6.92 Å². The zero-order valence-electron chi connectivity index (χ0n) is 13.4. The van der Waals surface area contributed by atoms with Crippen molar-refractivity contribution in [2.45, 2.75) is 26.4 Å². The van der Waals surface area contributed by atoms with Crippen molar-refractivity contribution in [1.29, 1.82) is 0 Å². The van der Waals surface area contributed by atoms with Gasteiger partial charge in [-0.2, -0.15) is 4.98 Å². The summed E-state index contributed by atoms with van der Waals surface area (Å²) in [7, 11) is 0. The Labute approximate surface area is 139 Å². The summed E-state index contributed by atoms with van der Waals surface area (Å²) >= 11 is 0. The molecule has 6 heteroatoms. The molecule has 1 aliphatic rings. The molecule has 0 fully saturated rings. The maximum absolute atomic E-state index is 5.76. The second-order valence-electron chi connectivity index (χ2n) is 5.74. The summed E-state index contributed by atoms with van der Waals surface area (Å²) in [6.45, 7) is 3.00. The van der Waals surface area contributed by atoms with Crippen molar-refractivity contribution >= 4 is 0 Å². The van der Waals surface area contributed by atoms with Gasteiger partial charge in [0, 0.05) is 6.20 Å². The third kappa shape index (κ3) is 3.08. The van der Waals surface area contributed by atoms with E-state index in [0.717, 1.165) is 36.5 Å². The van der Waals surface area contributed by atoms with Crippen LogP contribution >= 0.6 is 0 Å². The second-order valence-corrected chi connectivity index (χ2v) is 5.74. The number of aryl methyl sites for hydroxylation is 2. The third-order valence-electron chi connectivity index (χ3n) is 3.85. The van der Waals surface area contributed by atoms with Crippen molar-refractivity contribution in [3.8, 4) is 23.0 Å². The van der Waals surface area contributed by atoms with Crippen molar-refractivity contribution in [2.75, 3.05) is 6.61 Å². The maximum atomic E-state index is 5.76. The lowest BCUT2D eigenvalue weighted by molar-refractivity contribution is 0.241. The summed E-state index contributed by atoms with van der Waals surface area (Å²) in [6.07, 6.45) is 3.77. The molecular formula is C18H17N3O3. The first kappa shape index (κ1) is 14.7. The van der Waals surface area contributed by atoms with Gasteiger partial charge >= 0.3 is 0 Å². The van der Waals surface area contributed by atoms with Gasteiger partial charge in [0.2, 0.25) is 5.82 Å². The number of pyridine rings is 1. The average molecular weight is 323 g/mol. The standard InChI is InChI=1S/C18H17N3O3/c1-12-6-7-19-15(9-12)18-20-17(24-21-18)11-23-14-4-5-16-13(10-14)3-2-8-22-16/h4-7,9-10H,2-3,8,11H2,1H3. The molecule has 0 saturated carbocycles. The van der Waals surface area contributed by atoms with Gasteiger partial charge in [0.05, 0.1) is 6.61 Å². The van der Waals surface area contributed by atoms with E-state index in [4.69, 9.17) is 14.0 Å². The van der Waals surface area contributed by atoms with E-state index in [2.05, 4.69) is 15.1 Å². The molecule has 24 heavy (non-hydrogen) atoms. The first-order valence-electron chi connectivity index (χ1n) is 7.92. The van der Waals surface area contributed by atoms with Gasteiger partial charge in [-0.1, -0.05) is 5.16 Å². The second kappa shape index (κ2) is 6.31. The molecule has 0 N–H and O–H groups in total. The Morgan fingerprint density at radius 3 is 3.08 bits per heavy atom. The molecule has 0 amide bonds. The lowest BCUT2D eigenvalue weighted by Crippen LogP contribution is -2.08. The SMILES string of the molecule is Cc1ccnc(-c2noc(COc3ccc4c(c3)CCCO4)n2)c1. The van der Waals surface area contributed by atoms with Crippen LogP contribution in [-0.4, -0.2) is 21.7 Å². The highest BCUT2D eigenvalue weighted by Crippen LogP contribution is 2.28. The Bertz CT molecular complexity index is 860. The van der Waals surface area contributed by atoms with Gasteiger partial charge in [-0.3, -0.25) is 4.98 Å². The highest BCUT2D eigenvalue weighted by molar-refractivity contribution is 5.48. The number of hydrogen-bond donors (Lipinski definition) is 0. The number of benzene rings is 1. The number of fused-ring (bicyclic) bond motifs is 1. The van der Waals surface area contributed by atoms with Gasteiger partial charge in [-0.15, -0.1) is 0 Å². The van der Waals surface area contributed by atoms with Crippen molar-refractivity contribution in [2.24, 2.45) is 0 Å². The lowest BCUT2D eigenvalue weighted by atomic mass is 10.1. The molecule has 3 heterocycles. The minimum atomic E-state index is 0.221. The van der Waals surface area contributed by atoms with Crippen molar-refractivity contribution in [3.63, 3.8) is 0 Å². The molecule has 0 unspecified atom stereocenters. The van der Waals surface area contributed by atoms with Crippen LogP contribution < -0.4 is 9.47 Å². The molecule has 0 atom stereocenters. The Morgan fingerprint density at radius 2 is 2.17 bits per heavy atom. The smallest absolute Gasteiger partial charge is 0.264 e. The fourth-order valence-corrected chi connectivity index (χ4v) is 2.65. The zero-order chi connectivity index (χ0) is 16.4. The summed E-state index contributed by atoms with van der Waals surface area (Å²) in [4.78, 5) is 8.58. The normalized spacial score (nSPS) is 13.2. The van der Waals surface area contributed by atoms with Gasteiger partial charge in [0.15, 0.2) is 6.61 Å². The quantitative estimate of drug-likeness (QED) is 0.733. The molecule has 1 aliphatic heterocycles. The Morgan fingerprint density at radius 1 is 1.21 bits per heavy atom. The molecule has 0 saturated heterocycles. The number of aromatic nitrogens is 3. The first-order valence-corrected chi connectivity index (χ1v) is 7.92. The van der Waals surface area contributed by atoms with Crippen molar-refractivity contribution in [3.05, 3.63) is 53.5 Å². The van der Waals surface area contributed by atoms with E-state index in [1.54, 1.807) is 6.20 Å². The molecule has 1 aromatic carbocycles. The minimum absolute atomic E-state index is 0.221. The minimum Gasteiger partial charge on any atom is -0.493 e. The van der Waals surface area contributed by atoms with Gasteiger partial charge < -0.3 is 14.0 Å². The Hall–Kier alpha value is -2.89. The highest BCUT2D eigenvalue weighted by atomic mass is 16.5. The highest BCUT2D eigenvalue weighted by Gasteiger charge is 2.13. The molecular weight excluding hydrogens is 306 g/mol. The lowest BCUT2D eigenvalue weighted by Gasteiger charge is -2.17. The van der Waals surface area contributed by atoms with Crippen LogP contribution in [-0.2, 0) is 13.0 Å². The van der Waals surface area contributed by atoms with E-state index >= 15 is 0 Å². The van der Waals surface area contributed by atoms with Crippen molar-refractivity contribution in [1.82, 2.24) is 15.1 Å². The van der Waals surface area contributed by atoms with Crippen LogP contribution in [0.1, 0.15) is 23.4 Å². The Kier molecular flexibility index (Phi) is 3.86. The van der Waals surface area contributed by atoms with Gasteiger partial charge in [0.25, 0.3) is 5.89 Å². The van der Waals surface area contributed by atoms with E-state index in [1.165, 1.54) is 5.56 Å². The van der Waals surface area contributed by atoms with E-state index < -0.39 is 0 Å². The van der Waals surface area contributed by atoms with Crippen LogP contribution in [0.15, 0.2) is 41.1 Å². The van der Waals surface area contributed by atoms with Crippen LogP contribution in [0.4, 0.5) is 0 Å². The molecule has 0 aliphatic carbocycles. The molecule has 2 aromatic heterocycles. The summed E-state index contributed by atoms with van der Waals surface area (Å²) in [5, 5.41) is 3.96. The van der Waals surface area contributed by atoms with Crippen LogP contribution in [0.5, 0.6) is 11.5 Å². The fraction of sp³-hybridized carbons (Fsp3) is 0.278. The predicted molar refractivity (Wildman–Crippen MR) is 86.9 cm³/mol. The molecule has 6 nitrogen and oxygen atoms in total. The van der Waals surface area contributed by atoms with E-state index in [9.17, 15) is 0 Å². The predicted octanol–water partition coefficient (Wildman–Crippen LogP) is 3.34. The van der Waals surface area contributed by atoms with Crippen LogP contribution in [0.2, 0.25) is 0 Å². The van der Waals surface area contributed by atoms with E-state index in [-0.39, 0.29) is 6.61 Å². The van der Waals surface area contributed by atoms with Gasteiger partial charge in [-0.05, 0) is 61.2 Å². The van der Waals surface area contributed by atoms with Crippen molar-refractivity contribution < 1.29 is 14.0 Å². The largest absolute Gasteiger partial charge is 0.493 e. The summed E-state index contributed by atoms with van der Waals surface area (Å²) in [6, 6.07) is 9.68. The third-order valence-corrected chi connectivity index (χ3v) is 3.85. The van der Waals surface area contributed by atoms with E-state index in [1.807, 2.05) is 37.3 Å². The first-order chi connectivity index (χ1) is 11.8. The number of ether oxygens (including phenoxy) is 2. The Balaban J connectivity index is 1.45. The molecule has 4 rings (SSSR count). The fourth-order valence-electron chi connectivity index (χ4n) is 2.65. The molecule has 0 radical (unpaired) electrons. The van der Waals surface area contributed by atoms with Crippen LogP contribution in [0.3, 0.4) is 0 Å². The van der Waals surface area contributed by atoms with Gasteiger partial charge in [0.1, 0.15) is 17.2 Å². The van der Waals surface area contributed by atoms with E-state index in [0.29, 0.717) is 17.4 Å². The summed E-state index contributed by atoms with van der Waals surface area (Å²) in [5.74, 6) is 2.60. The zero-order valence-corrected chi connectivity index (χ0v) is 13.4. The molecule has 0 bridgehead atoms. The van der Waals surface area contributed by atoms with Gasteiger partial charge in [-0.25, -0.2) is 0 Å². The average Bonchev–Trinajstić information content (AvgIpc) is 3.09. The number of rotatable bonds is 4. The number of nitrogens with zero attached hydrogens (tertiary/aromatic N) is 3. The number of hydrogen-bond acceptors (Lipinski definition) is 6. The maximum Gasteiger partial charge on any atom is 0.264 e. The molecule has 122 valence electrons. The molecule has 3 aromatic rings. The monoisotopic (exact) mass is 323 g/mol. The molecule has 0 spiro atoms.